The fourth-order valence-corrected chi connectivity index (χ4v) is 1.47. The number of isothiocyanates is 1. The highest BCUT2D eigenvalue weighted by atomic mass is 32.1. The van der Waals surface area contributed by atoms with E-state index in [1.807, 2.05) is 0 Å². The second kappa shape index (κ2) is 6.47. The zero-order valence-corrected chi connectivity index (χ0v) is 10.7. The minimum Gasteiger partial charge on any atom is -0.233 e. The number of thiocarbonyl (C=S) groups is 1. The van der Waals surface area contributed by atoms with Crippen molar-refractivity contribution in [1.82, 2.24) is 0 Å². The maximum atomic E-state index is 13.3. The van der Waals surface area contributed by atoms with Crippen molar-refractivity contribution in [2.24, 2.45) is 10.9 Å². The maximum absolute atomic E-state index is 13.3. The second-order valence-electron chi connectivity index (χ2n) is 4.00. The molecular weight excluding hydrogens is 344 g/mol. The molecule has 124 valence electrons. The number of nitrogens with zero attached hydrogens (tertiary/aromatic N) is 1. The highest BCUT2D eigenvalue weighted by Crippen LogP contribution is 2.52. The van der Waals surface area contributed by atoms with E-state index in [9.17, 15) is 43.9 Å². The van der Waals surface area contributed by atoms with Crippen LogP contribution in [0.15, 0.2) is 4.99 Å². The van der Waals surface area contributed by atoms with Crippen LogP contribution in [-0.4, -0.2) is 35.9 Å². The van der Waals surface area contributed by atoms with E-state index in [1.54, 1.807) is 5.16 Å². The molecule has 0 bridgehead atoms. The van der Waals surface area contributed by atoms with Crippen LogP contribution in [0.2, 0.25) is 0 Å². The van der Waals surface area contributed by atoms with Gasteiger partial charge in [-0.05, 0) is 18.6 Å². The van der Waals surface area contributed by atoms with Gasteiger partial charge in [-0.2, -0.15) is 39.5 Å². The zero-order valence-electron chi connectivity index (χ0n) is 9.83. The van der Waals surface area contributed by atoms with Gasteiger partial charge in [0.15, 0.2) is 0 Å². The Morgan fingerprint density at radius 1 is 0.857 bits per heavy atom. The molecule has 0 aromatic rings. The van der Waals surface area contributed by atoms with Crippen LogP contribution in [0.25, 0.3) is 0 Å². The Morgan fingerprint density at radius 2 is 1.29 bits per heavy atom. The first-order valence-corrected chi connectivity index (χ1v) is 5.50. The third-order valence-electron chi connectivity index (χ3n) is 2.54. The van der Waals surface area contributed by atoms with Crippen LogP contribution in [0.4, 0.5) is 43.9 Å². The first-order chi connectivity index (χ1) is 9.17. The average Bonchev–Trinajstić information content (AvgIpc) is 2.23. The predicted molar refractivity (Wildman–Crippen MR) is 54.6 cm³/mol. The van der Waals surface area contributed by atoms with Gasteiger partial charge >= 0.3 is 18.5 Å². The van der Waals surface area contributed by atoms with Gasteiger partial charge in [0.1, 0.15) is 0 Å². The lowest BCUT2D eigenvalue weighted by atomic mass is 9.88. The molecule has 12 heteroatoms. The molecule has 0 fully saturated rings. The minimum absolute atomic E-state index is 0.820. The summed E-state index contributed by atoms with van der Waals surface area (Å²) < 4.78 is 124. The molecular formula is C9H7F10NS. The summed E-state index contributed by atoms with van der Waals surface area (Å²) in [4.78, 5) is 2.96. The van der Waals surface area contributed by atoms with Crippen molar-refractivity contribution < 1.29 is 43.9 Å². The van der Waals surface area contributed by atoms with Crippen LogP contribution in [0.3, 0.4) is 0 Å². The van der Waals surface area contributed by atoms with E-state index in [0.717, 1.165) is 0 Å². The maximum Gasteiger partial charge on any atom is 0.431 e. The first kappa shape index (κ1) is 20.1. The van der Waals surface area contributed by atoms with Crippen LogP contribution in [0.1, 0.15) is 12.8 Å². The smallest absolute Gasteiger partial charge is 0.233 e. The van der Waals surface area contributed by atoms with Gasteiger partial charge in [-0.15, -0.1) is 0 Å². The van der Waals surface area contributed by atoms with E-state index >= 15 is 0 Å². The van der Waals surface area contributed by atoms with Crippen LogP contribution in [0, 0.1) is 5.92 Å². The Labute approximate surface area is 117 Å². The van der Waals surface area contributed by atoms with Gasteiger partial charge < -0.3 is 0 Å². The Hall–Kier alpha value is -0.900. The summed E-state index contributed by atoms with van der Waals surface area (Å²) in [5.41, 5.74) is -5.96. The van der Waals surface area contributed by atoms with Crippen molar-refractivity contribution in [3.63, 3.8) is 0 Å². The summed E-state index contributed by atoms with van der Waals surface area (Å²) in [5, 5.41) is 1.60. The quantitative estimate of drug-likeness (QED) is 0.391. The summed E-state index contributed by atoms with van der Waals surface area (Å²) in [6, 6.07) is 0. The minimum atomic E-state index is -6.53. The SMILES string of the molecule is FC(F)(F)C(CCN=C=S)CC(F)(C(F)(F)F)C(F)(F)F. The topological polar surface area (TPSA) is 12.4 Å². The molecule has 0 heterocycles. The normalized spacial score (nSPS) is 15.5. The molecule has 0 aromatic heterocycles. The lowest BCUT2D eigenvalue weighted by molar-refractivity contribution is -0.352. The number of alkyl halides is 10. The van der Waals surface area contributed by atoms with Gasteiger partial charge in [0.05, 0.1) is 11.1 Å². The monoisotopic (exact) mass is 351 g/mol. The molecule has 1 atom stereocenters. The van der Waals surface area contributed by atoms with Crippen LogP contribution >= 0.6 is 12.2 Å². The first-order valence-electron chi connectivity index (χ1n) is 5.09. The lowest BCUT2D eigenvalue weighted by Gasteiger charge is -2.33. The molecule has 21 heavy (non-hydrogen) atoms. The Balaban J connectivity index is 5.48. The summed E-state index contributed by atoms with van der Waals surface area (Å²) in [5.74, 6) is -3.18. The van der Waals surface area contributed by atoms with Gasteiger partial charge in [-0.1, -0.05) is 0 Å². The fourth-order valence-electron chi connectivity index (χ4n) is 1.38. The molecule has 0 aliphatic rings. The number of halogens is 10. The van der Waals surface area contributed by atoms with Crippen LogP contribution in [0.5, 0.6) is 0 Å². The van der Waals surface area contributed by atoms with Crippen LogP contribution < -0.4 is 0 Å². The molecule has 0 N–H and O–H groups in total. The van der Waals surface area contributed by atoms with Crippen molar-refractivity contribution in [1.29, 1.82) is 0 Å². The molecule has 0 radical (unpaired) electrons. The number of hydrogen-bond donors (Lipinski definition) is 0. The molecule has 0 rings (SSSR count). The zero-order chi connectivity index (χ0) is 17.1. The van der Waals surface area contributed by atoms with Crippen molar-refractivity contribution >= 4 is 17.4 Å². The van der Waals surface area contributed by atoms with E-state index < -0.39 is 49.5 Å². The molecule has 0 aromatic carbocycles. The Bertz CT molecular complexity index is 375. The van der Waals surface area contributed by atoms with Crippen molar-refractivity contribution in [2.45, 2.75) is 37.0 Å². The third-order valence-corrected chi connectivity index (χ3v) is 2.67. The predicted octanol–water partition coefficient (Wildman–Crippen LogP) is 4.88. The van der Waals surface area contributed by atoms with Gasteiger partial charge in [0.2, 0.25) is 0 Å². The Morgan fingerprint density at radius 3 is 1.57 bits per heavy atom. The lowest BCUT2D eigenvalue weighted by Crippen LogP contribution is -2.55. The molecule has 1 nitrogen and oxygen atoms in total. The van der Waals surface area contributed by atoms with E-state index in [2.05, 4.69) is 17.2 Å². The van der Waals surface area contributed by atoms with Gasteiger partial charge in [0, 0.05) is 13.0 Å². The third kappa shape index (κ3) is 5.10. The van der Waals surface area contributed by atoms with Crippen molar-refractivity contribution in [3.8, 4) is 0 Å². The van der Waals surface area contributed by atoms with E-state index in [1.165, 1.54) is 0 Å². The van der Waals surface area contributed by atoms with Gasteiger partial charge in [-0.25, -0.2) is 9.38 Å². The molecule has 0 aliphatic heterocycles. The number of rotatable bonds is 5. The Kier molecular flexibility index (Phi) is 6.19. The molecule has 0 aliphatic carbocycles. The number of hydrogen-bond acceptors (Lipinski definition) is 2. The van der Waals surface area contributed by atoms with E-state index in [-0.39, 0.29) is 0 Å². The highest BCUT2D eigenvalue weighted by Gasteiger charge is 2.73. The van der Waals surface area contributed by atoms with Gasteiger partial charge in [-0.3, -0.25) is 0 Å². The number of aliphatic imine (C=N–C) groups is 1. The molecule has 0 spiro atoms. The molecule has 0 saturated heterocycles. The van der Waals surface area contributed by atoms with E-state index in [0.29, 0.717) is 0 Å². The summed E-state index contributed by atoms with van der Waals surface area (Å²) in [6.07, 6.45) is -22.6. The van der Waals surface area contributed by atoms with Gasteiger partial charge in [0.25, 0.3) is 5.67 Å². The van der Waals surface area contributed by atoms with Crippen LogP contribution in [-0.2, 0) is 0 Å². The molecule has 0 amide bonds. The van der Waals surface area contributed by atoms with Crippen molar-refractivity contribution in [3.05, 3.63) is 0 Å². The van der Waals surface area contributed by atoms with Crippen molar-refractivity contribution in [2.75, 3.05) is 6.54 Å². The average molecular weight is 351 g/mol. The molecule has 1 unspecified atom stereocenters. The largest absolute Gasteiger partial charge is 0.431 e. The van der Waals surface area contributed by atoms with E-state index in [4.69, 9.17) is 0 Å². The fraction of sp³-hybridized carbons (Fsp3) is 0.889. The molecule has 0 saturated carbocycles. The highest BCUT2D eigenvalue weighted by molar-refractivity contribution is 7.78. The standard InChI is InChI=1S/C9H7F10NS/c10-6(8(14,15)16,9(17,18)19)3-5(7(11,12)13)1-2-20-4-21/h5H,1-3H2. The summed E-state index contributed by atoms with van der Waals surface area (Å²) in [6.45, 7) is -0.820. The summed E-state index contributed by atoms with van der Waals surface area (Å²) >= 11 is 3.99. The summed E-state index contributed by atoms with van der Waals surface area (Å²) in [7, 11) is 0. The second-order valence-corrected chi connectivity index (χ2v) is 4.18.